The molecule has 0 saturated carbocycles. The predicted molar refractivity (Wildman–Crippen MR) is 32.6 cm³/mol. The van der Waals surface area contributed by atoms with Crippen LogP contribution in [0.3, 0.4) is 0 Å². The van der Waals surface area contributed by atoms with Crippen LogP contribution in [0.2, 0.25) is 0 Å². The molecule has 0 spiro atoms. The number of aliphatic hydroxyl groups excluding tert-OH is 1. The highest BCUT2D eigenvalue weighted by Gasteiger charge is 2.23. The van der Waals surface area contributed by atoms with Crippen molar-refractivity contribution >= 4 is 5.91 Å². The first-order chi connectivity index (χ1) is 4.22. The molecule has 0 aromatic rings. The fraction of sp³-hybridized carbons (Fsp3) is 0.833. The van der Waals surface area contributed by atoms with Crippen molar-refractivity contribution in [3.8, 4) is 0 Å². The fourth-order valence-corrected chi connectivity index (χ4v) is 1.12. The third kappa shape index (κ3) is 1.21. The summed E-state index contributed by atoms with van der Waals surface area (Å²) < 4.78 is 0. The van der Waals surface area contributed by atoms with Gasteiger partial charge in [0.25, 0.3) is 0 Å². The molecule has 9 heavy (non-hydrogen) atoms. The minimum atomic E-state index is -0.512. The van der Waals surface area contributed by atoms with E-state index in [1.165, 1.54) is 11.8 Å². The normalized spacial score (nSPS) is 26.9. The number of nitrogens with zero attached hydrogens (tertiary/aromatic N) is 1. The van der Waals surface area contributed by atoms with Crippen LogP contribution in [0.25, 0.3) is 0 Å². The zero-order valence-electron chi connectivity index (χ0n) is 5.50. The van der Waals surface area contributed by atoms with Crippen LogP contribution in [-0.2, 0) is 4.79 Å². The molecule has 3 heteroatoms. The SMILES string of the molecule is CC(=O)N1CCC[C@@H]1O. The Morgan fingerprint density at radius 3 is 2.67 bits per heavy atom. The summed E-state index contributed by atoms with van der Waals surface area (Å²) in [7, 11) is 0. The molecule has 0 bridgehead atoms. The number of hydrogen-bond donors (Lipinski definition) is 1. The topological polar surface area (TPSA) is 40.5 Å². The Morgan fingerprint density at radius 1 is 1.78 bits per heavy atom. The fourth-order valence-electron chi connectivity index (χ4n) is 1.12. The van der Waals surface area contributed by atoms with E-state index in [0.29, 0.717) is 0 Å². The molecule has 1 aliphatic rings. The Hall–Kier alpha value is -0.570. The molecule has 3 nitrogen and oxygen atoms in total. The second-order valence-corrected chi connectivity index (χ2v) is 2.34. The molecule has 1 heterocycles. The molecule has 1 aliphatic heterocycles. The van der Waals surface area contributed by atoms with Crippen LogP contribution in [0.1, 0.15) is 19.8 Å². The summed E-state index contributed by atoms with van der Waals surface area (Å²) in [5.74, 6) is -0.0278. The van der Waals surface area contributed by atoms with Gasteiger partial charge in [0.2, 0.25) is 5.91 Å². The van der Waals surface area contributed by atoms with Crippen molar-refractivity contribution in [1.82, 2.24) is 4.90 Å². The van der Waals surface area contributed by atoms with E-state index < -0.39 is 6.23 Å². The number of carbonyl (C=O) groups is 1. The van der Waals surface area contributed by atoms with Gasteiger partial charge in [-0.15, -0.1) is 0 Å². The van der Waals surface area contributed by atoms with Crippen LogP contribution in [0.15, 0.2) is 0 Å². The monoisotopic (exact) mass is 129 g/mol. The number of aliphatic hydroxyl groups is 1. The molecule has 0 radical (unpaired) electrons. The lowest BCUT2D eigenvalue weighted by atomic mass is 10.4. The second kappa shape index (κ2) is 2.35. The highest BCUT2D eigenvalue weighted by atomic mass is 16.3. The highest BCUT2D eigenvalue weighted by molar-refractivity contribution is 5.73. The quantitative estimate of drug-likeness (QED) is 0.498. The van der Waals surface area contributed by atoms with Gasteiger partial charge in [-0.1, -0.05) is 0 Å². The average Bonchev–Trinajstić information content (AvgIpc) is 2.13. The van der Waals surface area contributed by atoms with Crippen LogP contribution >= 0.6 is 0 Å². The van der Waals surface area contributed by atoms with E-state index >= 15 is 0 Å². The van der Waals surface area contributed by atoms with Crippen molar-refractivity contribution in [2.45, 2.75) is 26.0 Å². The smallest absolute Gasteiger partial charge is 0.221 e. The van der Waals surface area contributed by atoms with Gasteiger partial charge in [-0.3, -0.25) is 4.79 Å². The van der Waals surface area contributed by atoms with E-state index in [9.17, 15) is 4.79 Å². The third-order valence-electron chi connectivity index (χ3n) is 1.63. The minimum absolute atomic E-state index is 0.0278. The van der Waals surface area contributed by atoms with Crippen molar-refractivity contribution in [3.05, 3.63) is 0 Å². The first-order valence-corrected chi connectivity index (χ1v) is 3.17. The second-order valence-electron chi connectivity index (χ2n) is 2.34. The number of likely N-dealkylation sites (tertiary alicyclic amines) is 1. The molecule has 52 valence electrons. The lowest BCUT2D eigenvalue weighted by Crippen LogP contribution is -2.33. The largest absolute Gasteiger partial charge is 0.374 e. The van der Waals surface area contributed by atoms with Crippen molar-refractivity contribution < 1.29 is 9.90 Å². The van der Waals surface area contributed by atoms with Gasteiger partial charge in [-0.25, -0.2) is 0 Å². The molecular weight excluding hydrogens is 118 g/mol. The summed E-state index contributed by atoms with van der Waals surface area (Å²) in [6, 6.07) is 0. The van der Waals surface area contributed by atoms with Crippen molar-refractivity contribution in [1.29, 1.82) is 0 Å². The van der Waals surface area contributed by atoms with Gasteiger partial charge in [-0.05, 0) is 12.8 Å². The zero-order chi connectivity index (χ0) is 6.85. The Bertz CT molecular complexity index is 124. The van der Waals surface area contributed by atoms with Crippen molar-refractivity contribution in [2.75, 3.05) is 6.54 Å². The Morgan fingerprint density at radius 2 is 2.44 bits per heavy atom. The average molecular weight is 129 g/mol. The van der Waals surface area contributed by atoms with E-state index in [-0.39, 0.29) is 5.91 Å². The van der Waals surface area contributed by atoms with E-state index in [4.69, 9.17) is 5.11 Å². The maximum Gasteiger partial charge on any atom is 0.221 e. The van der Waals surface area contributed by atoms with Gasteiger partial charge in [0, 0.05) is 13.5 Å². The molecule has 1 atom stereocenters. The highest BCUT2D eigenvalue weighted by Crippen LogP contribution is 2.13. The molecule has 1 saturated heterocycles. The molecule has 1 N–H and O–H groups in total. The minimum Gasteiger partial charge on any atom is -0.374 e. The molecule has 1 rings (SSSR count). The zero-order valence-corrected chi connectivity index (χ0v) is 5.50. The van der Waals surface area contributed by atoms with Gasteiger partial charge in [0.1, 0.15) is 6.23 Å². The van der Waals surface area contributed by atoms with Gasteiger partial charge < -0.3 is 10.0 Å². The Kier molecular flexibility index (Phi) is 1.71. The van der Waals surface area contributed by atoms with Crippen LogP contribution in [-0.4, -0.2) is 28.7 Å². The van der Waals surface area contributed by atoms with E-state index in [1.807, 2.05) is 0 Å². The molecule has 1 amide bonds. The number of hydrogen-bond acceptors (Lipinski definition) is 2. The number of rotatable bonds is 0. The molecule has 0 unspecified atom stereocenters. The van der Waals surface area contributed by atoms with E-state index in [2.05, 4.69) is 0 Å². The molecule has 1 fully saturated rings. The van der Waals surface area contributed by atoms with E-state index in [1.54, 1.807) is 0 Å². The number of amides is 1. The summed E-state index contributed by atoms with van der Waals surface area (Å²) in [4.78, 5) is 12.1. The van der Waals surface area contributed by atoms with Crippen LogP contribution in [0.4, 0.5) is 0 Å². The Labute approximate surface area is 54.3 Å². The maximum absolute atomic E-state index is 10.6. The maximum atomic E-state index is 10.6. The van der Waals surface area contributed by atoms with Gasteiger partial charge >= 0.3 is 0 Å². The summed E-state index contributed by atoms with van der Waals surface area (Å²) >= 11 is 0. The summed E-state index contributed by atoms with van der Waals surface area (Å²) in [5, 5.41) is 9.06. The van der Waals surface area contributed by atoms with E-state index in [0.717, 1.165) is 19.4 Å². The predicted octanol–water partition coefficient (Wildman–Crippen LogP) is -0.0529. The van der Waals surface area contributed by atoms with Crippen LogP contribution in [0, 0.1) is 0 Å². The lowest BCUT2D eigenvalue weighted by molar-refractivity contribution is -0.135. The van der Waals surface area contributed by atoms with Crippen molar-refractivity contribution in [2.24, 2.45) is 0 Å². The summed E-state index contributed by atoms with van der Waals surface area (Å²) in [6.07, 6.45) is 1.16. The first kappa shape index (κ1) is 6.55. The van der Waals surface area contributed by atoms with Gasteiger partial charge in [0.15, 0.2) is 0 Å². The standard InChI is InChI=1S/C6H11NO2/c1-5(8)7-4-2-3-6(7)9/h6,9H,2-4H2,1H3/t6-/m0/s1. The van der Waals surface area contributed by atoms with Crippen LogP contribution < -0.4 is 0 Å². The molecule has 0 aliphatic carbocycles. The molecule has 0 aromatic heterocycles. The van der Waals surface area contributed by atoms with Crippen molar-refractivity contribution in [3.63, 3.8) is 0 Å². The lowest BCUT2D eigenvalue weighted by Gasteiger charge is -2.17. The van der Waals surface area contributed by atoms with Gasteiger partial charge in [-0.2, -0.15) is 0 Å². The summed E-state index contributed by atoms with van der Waals surface area (Å²) in [6.45, 7) is 2.20. The molecular formula is C6H11NO2. The van der Waals surface area contributed by atoms with Crippen LogP contribution in [0.5, 0.6) is 0 Å². The molecule has 0 aromatic carbocycles. The third-order valence-corrected chi connectivity index (χ3v) is 1.63. The first-order valence-electron chi connectivity index (χ1n) is 3.17. The Balaban J connectivity index is 2.49. The van der Waals surface area contributed by atoms with Gasteiger partial charge in [0.05, 0.1) is 0 Å². The number of carbonyl (C=O) groups excluding carboxylic acids is 1. The summed E-state index contributed by atoms with van der Waals surface area (Å²) in [5.41, 5.74) is 0.